The highest BCUT2D eigenvalue weighted by atomic mass is 79.9. The molecular weight excluding hydrogens is 423 g/mol. The van der Waals surface area contributed by atoms with Gasteiger partial charge in [-0.2, -0.15) is 0 Å². The van der Waals surface area contributed by atoms with Gasteiger partial charge in [0.25, 0.3) is 0 Å². The second-order valence-electron chi connectivity index (χ2n) is 9.37. The van der Waals surface area contributed by atoms with Crippen LogP contribution in [0.15, 0.2) is 42.5 Å². The number of benzene rings is 2. The predicted molar refractivity (Wildman–Crippen MR) is 126 cm³/mol. The van der Waals surface area contributed by atoms with E-state index < -0.39 is 0 Å². The van der Waals surface area contributed by atoms with Gasteiger partial charge in [-0.1, -0.05) is 84.6 Å². The molecule has 0 bridgehead atoms. The summed E-state index contributed by atoms with van der Waals surface area (Å²) in [6.07, 6.45) is 6.36. The smallest absolute Gasteiger partial charge is 0.402 e. The van der Waals surface area contributed by atoms with Crippen LogP contribution in [0.25, 0.3) is 11.1 Å². The van der Waals surface area contributed by atoms with Crippen molar-refractivity contribution >= 4 is 28.5 Å². The molecule has 2 unspecified atom stereocenters. The maximum Gasteiger partial charge on any atom is 0.494 e. The number of alkyl halides is 1. The molecule has 0 aromatic heterocycles. The Bertz CT molecular complexity index is 881. The van der Waals surface area contributed by atoms with Crippen LogP contribution in [0.4, 0.5) is 0 Å². The molecule has 0 N–H and O–H groups in total. The molecular formula is C25H32BBrO2. The maximum absolute atomic E-state index is 6.25. The predicted octanol–water partition coefficient (Wildman–Crippen LogP) is 6.23. The first kappa shape index (κ1) is 21.1. The lowest BCUT2D eigenvalue weighted by atomic mass is 9.72. The lowest BCUT2D eigenvalue weighted by molar-refractivity contribution is 0.0842. The highest BCUT2D eigenvalue weighted by molar-refractivity contribution is 9.09. The Balaban J connectivity index is 1.65. The largest absolute Gasteiger partial charge is 0.494 e. The van der Waals surface area contributed by atoms with Gasteiger partial charge in [0.15, 0.2) is 0 Å². The van der Waals surface area contributed by atoms with Crippen molar-refractivity contribution in [1.29, 1.82) is 0 Å². The van der Waals surface area contributed by atoms with Crippen LogP contribution < -0.4 is 5.46 Å². The van der Waals surface area contributed by atoms with Gasteiger partial charge in [0.2, 0.25) is 0 Å². The van der Waals surface area contributed by atoms with E-state index in [-0.39, 0.29) is 24.2 Å². The summed E-state index contributed by atoms with van der Waals surface area (Å²) in [6, 6.07) is 15.8. The van der Waals surface area contributed by atoms with Gasteiger partial charge in [-0.25, -0.2) is 0 Å². The zero-order valence-electron chi connectivity index (χ0n) is 18.1. The Hall–Kier alpha value is -1.10. The Kier molecular flexibility index (Phi) is 5.98. The van der Waals surface area contributed by atoms with Gasteiger partial charge < -0.3 is 9.31 Å². The van der Waals surface area contributed by atoms with Crippen LogP contribution in [0, 0.1) is 0 Å². The molecule has 1 aliphatic carbocycles. The average Bonchev–Trinajstić information content (AvgIpc) is 3.13. The van der Waals surface area contributed by atoms with Crippen LogP contribution in [0.5, 0.6) is 0 Å². The highest BCUT2D eigenvalue weighted by Crippen LogP contribution is 2.51. The molecule has 1 saturated heterocycles. The fourth-order valence-corrected chi connectivity index (χ4v) is 5.23. The van der Waals surface area contributed by atoms with E-state index in [9.17, 15) is 0 Å². The third-order valence-corrected chi connectivity index (χ3v) is 7.56. The molecule has 0 saturated carbocycles. The van der Waals surface area contributed by atoms with E-state index in [4.69, 9.17) is 9.31 Å². The molecule has 2 aromatic rings. The van der Waals surface area contributed by atoms with Crippen molar-refractivity contribution in [3.05, 3.63) is 53.6 Å². The topological polar surface area (TPSA) is 18.5 Å². The zero-order valence-corrected chi connectivity index (χ0v) is 19.7. The van der Waals surface area contributed by atoms with Gasteiger partial charge in [-0.3, -0.25) is 0 Å². The van der Waals surface area contributed by atoms with Crippen molar-refractivity contribution in [2.75, 3.05) is 5.33 Å². The molecule has 2 nitrogen and oxygen atoms in total. The fourth-order valence-electron chi connectivity index (χ4n) is 4.84. The second kappa shape index (κ2) is 8.21. The molecule has 2 atom stereocenters. The number of fused-ring (bicyclic) bond motifs is 3. The molecule has 154 valence electrons. The third-order valence-electron chi connectivity index (χ3n) is 7.00. The lowest BCUT2D eigenvalue weighted by Crippen LogP contribution is -2.35. The Labute approximate surface area is 184 Å². The summed E-state index contributed by atoms with van der Waals surface area (Å²) in [7, 11) is -0.280. The van der Waals surface area contributed by atoms with E-state index in [0.717, 1.165) is 10.8 Å². The molecule has 1 aliphatic heterocycles. The monoisotopic (exact) mass is 454 g/mol. The summed E-state index contributed by atoms with van der Waals surface area (Å²) in [5, 5.41) is 1.11. The second-order valence-corrected chi connectivity index (χ2v) is 10.2. The highest BCUT2D eigenvalue weighted by Gasteiger charge is 2.45. The van der Waals surface area contributed by atoms with E-state index in [2.05, 4.69) is 86.1 Å². The number of unbranched alkanes of at least 4 members (excludes halogenated alkanes) is 3. The Morgan fingerprint density at radius 3 is 2.38 bits per heavy atom. The molecule has 2 aromatic carbocycles. The third kappa shape index (κ3) is 3.84. The lowest BCUT2D eigenvalue weighted by Gasteiger charge is -2.28. The van der Waals surface area contributed by atoms with E-state index in [1.165, 1.54) is 54.4 Å². The number of halogens is 1. The van der Waals surface area contributed by atoms with Crippen LogP contribution in [-0.2, 0) is 14.7 Å². The molecule has 0 spiro atoms. The van der Waals surface area contributed by atoms with Crippen molar-refractivity contribution in [2.45, 2.75) is 76.9 Å². The summed E-state index contributed by atoms with van der Waals surface area (Å²) >= 11 is 3.55. The quantitative estimate of drug-likeness (QED) is 0.280. The van der Waals surface area contributed by atoms with Crippen LogP contribution >= 0.6 is 15.9 Å². The summed E-state index contributed by atoms with van der Waals surface area (Å²) in [4.78, 5) is 0. The zero-order chi connectivity index (χ0) is 20.6. The minimum Gasteiger partial charge on any atom is -0.402 e. The van der Waals surface area contributed by atoms with Crippen molar-refractivity contribution in [2.24, 2.45) is 0 Å². The fraction of sp³-hybridized carbons (Fsp3) is 0.520. The standard InChI is InChI=1S/C25H32BBrO2/c1-18-24(2,3)29-26(28-18)19-13-14-21-20-11-7-8-12-22(20)25(4,23(21)17-19)15-9-5-6-10-16-27/h7-8,11-14,17-18H,5-6,9-10,15-16H2,1-4H3. The summed E-state index contributed by atoms with van der Waals surface area (Å²) < 4.78 is 12.4. The number of hydrogen-bond donors (Lipinski definition) is 0. The van der Waals surface area contributed by atoms with E-state index in [0.29, 0.717) is 0 Å². The Morgan fingerprint density at radius 2 is 1.66 bits per heavy atom. The van der Waals surface area contributed by atoms with Gasteiger partial charge in [0.05, 0.1) is 11.7 Å². The first-order valence-corrected chi connectivity index (χ1v) is 12.1. The van der Waals surface area contributed by atoms with E-state index in [1.807, 2.05) is 0 Å². The molecule has 1 fully saturated rings. The van der Waals surface area contributed by atoms with Crippen molar-refractivity contribution in [1.82, 2.24) is 0 Å². The number of rotatable bonds is 7. The minimum atomic E-state index is -0.280. The van der Waals surface area contributed by atoms with Crippen molar-refractivity contribution in [3.8, 4) is 11.1 Å². The van der Waals surface area contributed by atoms with Gasteiger partial charge in [0, 0.05) is 10.7 Å². The van der Waals surface area contributed by atoms with Crippen LogP contribution in [0.3, 0.4) is 0 Å². The molecule has 2 aliphatic rings. The van der Waals surface area contributed by atoms with Gasteiger partial charge >= 0.3 is 7.12 Å². The Morgan fingerprint density at radius 1 is 0.931 bits per heavy atom. The molecule has 0 radical (unpaired) electrons. The van der Waals surface area contributed by atoms with E-state index in [1.54, 1.807) is 0 Å². The van der Waals surface area contributed by atoms with Crippen molar-refractivity contribution in [3.63, 3.8) is 0 Å². The van der Waals surface area contributed by atoms with Crippen LogP contribution in [-0.4, -0.2) is 24.2 Å². The summed E-state index contributed by atoms with van der Waals surface area (Å²) in [6.45, 7) is 8.74. The average molecular weight is 455 g/mol. The first-order chi connectivity index (χ1) is 13.9. The summed E-state index contributed by atoms with van der Waals surface area (Å²) in [5.74, 6) is 0. The van der Waals surface area contributed by atoms with E-state index >= 15 is 0 Å². The minimum absolute atomic E-state index is 0.0517. The molecule has 4 rings (SSSR count). The normalized spacial score (nSPS) is 24.6. The molecule has 4 heteroatoms. The molecule has 29 heavy (non-hydrogen) atoms. The first-order valence-electron chi connectivity index (χ1n) is 11.0. The van der Waals surface area contributed by atoms with Gasteiger partial charge in [-0.05, 0) is 61.3 Å². The molecule has 0 amide bonds. The molecule has 1 heterocycles. The van der Waals surface area contributed by atoms with Crippen LogP contribution in [0.2, 0.25) is 0 Å². The van der Waals surface area contributed by atoms with Gasteiger partial charge in [-0.15, -0.1) is 0 Å². The summed E-state index contributed by atoms with van der Waals surface area (Å²) in [5.41, 5.74) is 6.59. The van der Waals surface area contributed by atoms with Gasteiger partial charge in [0.1, 0.15) is 0 Å². The number of hydrogen-bond acceptors (Lipinski definition) is 2. The SMILES string of the molecule is CC1OB(c2ccc3c(c2)C(C)(CCCCCCBr)c2ccccc2-3)OC1(C)C. The van der Waals surface area contributed by atoms with Crippen molar-refractivity contribution < 1.29 is 9.31 Å². The van der Waals surface area contributed by atoms with Crippen LogP contribution in [0.1, 0.15) is 70.9 Å². The maximum atomic E-state index is 6.25.